The molecule has 1 N–H and O–H groups in total. The number of nitrogens with zero attached hydrogens (tertiary/aromatic N) is 2. The normalized spacial score (nSPS) is 12.7. The fourth-order valence-corrected chi connectivity index (χ4v) is 5.91. The second kappa shape index (κ2) is 9.35. The molecule has 34 heavy (non-hydrogen) atoms. The summed E-state index contributed by atoms with van der Waals surface area (Å²) in [5.41, 5.74) is 13.4. The van der Waals surface area contributed by atoms with E-state index in [1.165, 1.54) is 27.8 Å². The van der Waals surface area contributed by atoms with Gasteiger partial charge in [-0.3, -0.25) is 4.79 Å². The summed E-state index contributed by atoms with van der Waals surface area (Å²) in [5, 5.41) is 4.42. The van der Waals surface area contributed by atoms with Crippen LogP contribution in [0.1, 0.15) is 38.9 Å². The van der Waals surface area contributed by atoms with E-state index in [9.17, 15) is 4.79 Å². The molecule has 4 nitrogen and oxygen atoms in total. The molecule has 0 saturated carbocycles. The van der Waals surface area contributed by atoms with Crippen molar-refractivity contribution in [3.05, 3.63) is 113 Å². The Morgan fingerprint density at radius 2 is 1.56 bits per heavy atom. The number of carbonyl (C=O) groups is 1. The first-order valence-corrected chi connectivity index (χ1v) is 12.5. The van der Waals surface area contributed by atoms with E-state index in [1.54, 1.807) is 18.0 Å². The molecule has 1 heterocycles. The van der Waals surface area contributed by atoms with E-state index in [0.717, 1.165) is 22.6 Å². The van der Waals surface area contributed by atoms with Crippen LogP contribution in [0.2, 0.25) is 0 Å². The lowest BCUT2D eigenvalue weighted by Crippen LogP contribution is -2.20. The molecule has 0 unspecified atom stereocenters. The smallest absolute Gasteiger partial charge is 0.250 e. The van der Waals surface area contributed by atoms with E-state index in [2.05, 4.69) is 103 Å². The minimum Gasteiger partial charge on any atom is -0.318 e. The third-order valence-corrected chi connectivity index (χ3v) is 7.65. The third kappa shape index (κ3) is 4.08. The van der Waals surface area contributed by atoms with Crippen LogP contribution < -0.4 is 5.43 Å². The fraction of sp³-hybridized carbons (Fsp3) is 0.172. The first-order valence-electron chi connectivity index (χ1n) is 11.4. The first kappa shape index (κ1) is 22.2. The summed E-state index contributed by atoms with van der Waals surface area (Å²) in [6.45, 7) is 6.28. The summed E-state index contributed by atoms with van der Waals surface area (Å²) in [4.78, 5) is 12.6. The molecule has 1 aliphatic rings. The topological polar surface area (TPSA) is 46.4 Å². The molecule has 3 aromatic carbocycles. The molecule has 1 aromatic heterocycles. The maximum Gasteiger partial charge on any atom is 0.250 e. The molecule has 5 rings (SSSR count). The molecule has 0 fully saturated rings. The van der Waals surface area contributed by atoms with Crippen LogP contribution in [0.15, 0.2) is 84.0 Å². The molecule has 0 spiro atoms. The minimum atomic E-state index is -0.101. The molecule has 4 aromatic rings. The van der Waals surface area contributed by atoms with Gasteiger partial charge in [0.1, 0.15) is 0 Å². The number of fused-ring (bicyclic) bond motifs is 3. The van der Waals surface area contributed by atoms with Crippen LogP contribution in [0.4, 0.5) is 0 Å². The van der Waals surface area contributed by atoms with Crippen LogP contribution >= 0.6 is 11.8 Å². The summed E-state index contributed by atoms with van der Waals surface area (Å²) in [6, 6.07) is 27.3. The Hall–Kier alpha value is -3.57. The Bertz CT molecular complexity index is 1360. The van der Waals surface area contributed by atoms with Gasteiger partial charge in [0.05, 0.1) is 17.2 Å². The van der Waals surface area contributed by atoms with Crippen molar-refractivity contribution >= 4 is 23.9 Å². The van der Waals surface area contributed by atoms with E-state index in [-0.39, 0.29) is 11.2 Å². The summed E-state index contributed by atoms with van der Waals surface area (Å²) in [6.07, 6.45) is 1.74. The number of thioether (sulfide) groups is 1. The third-order valence-electron chi connectivity index (χ3n) is 6.38. The van der Waals surface area contributed by atoms with Gasteiger partial charge in [-0.05, 0) is 60.7 Å². The first-order chi connectivity index (χ1) is 16.5. The maximum absolute atomic E-state index is 12.6. The number of carbonyl (C=O) groups excluding carboxylic acids is 1. The number of aryl methyl sites for hydroxylation is 2. The van der Waals surface area contributed by atoms with Crippen molar-refractivity contribution in [2.75, 3.05) is 5.75 Å². The van der Waals surface area contributed by atoms with Crippen molar-refractivity contribution in [3.8, 4) is 16.8 Å². The second-order valence-corrected chi connectivity index (χ2v) is 9.70. The van der Waals surface area contributed by atoms with Gasteiger partial charge in [0.25, 0.3) is 0 Å². The number of nitrogens with one attached hydrogen (secondary N) is 1. The molecule has 0 radical (unpaired) electrons. The van der Waals surface area contributed by atoms with Gasteiger partial charge < -0.3 is 4.57 Å². The quantitative estimate of drug-likeness (QED) is 0.266. The lowest BCUT2D eigenvalue weighted by Gasteiger charge is -2.12. The SMILES string of the molecule is Cc1ccccc1-n1c(C)cc(/C=N\NC(=O)CSC2c3ccccc3-c3ccccc32)c1C. The highest BCUT2D eigenvalue weighted by Crippen LogP contribution is 2.49. The van der Waals surface area contributed by atoms with Crippen molar-refractivity contribution in [1.82, 2.24) is 9.99 Å². The van der Waals surface area contributed by atoms with Crippen molar-refractivity contribution < 1.29 is 4.79 Å². The number of hydrazone groups is 1. The average Bonchev–Trinajstić information content (AvgIpc) is 3.31. The lowest BCUT2D eigenvalue weighted by atomic mass is 10.1. The Morgan fingerprint density at radius 3 is 2.24 bits per heavy atom. The van der Waals surface area contributed by atoms with E-state index >= 15 is 0 Å². The number of hydrogen-bond donors (Lipinski definition) is 1. The average molecular weight is 466 g/mol. The van der Waals surface area contributed by atoms with Crippen LogP contribution in [-0.2, 0) is 4.79 Å². The number of amides is 1. The Morgan fingerprint density at radius 1 is 0.941 bits per heavy atom. The predicted molar refractivity (Wildman–Crippen MR) is 142 cm³/mol. The van der Waals surface area contributed by atoms with E-state index in [4.69, 9.17) is 0 Å². The number of benzene rings is 3. The van der Waals surface area contributed by atoms with E-state index in [1.807, 2.05) is 12.1 Å². The minimum absolute atomic E-state index is 0.101. The maximum atomic E-state index is 12.6. The highest BCUT2D eigenvalue weighted by molar-refractivity contribution is 8.00. The van der Waals surface area contributed by atoms with Gasteiger partial charge in [-0.15, -0.1) is 11.8 Å². The molecule has 5 heteroatoms. The highest BCUT2D eigenvalue weighted by Gasteiger charge is 2.28. The number of hydrogen-bond acceptors (Lipinski definition) is 3. The Balaban J connectivity index is 1.25. The van der Waals surface area contributed by atoms with Gasteiger partial charge in [0, 0.05) is 22.6 Å². The van der Waals surface area contributed by atoms with Crippen LogP contribution in [0.25, 0.3) is 16.8 Å². The van der Waals surface area contributed by atoms with Gasteiger partial charge in [-0.1, -0.05) is 66.7 Å². The second-order valence-electron chi connectivity index (χ2n) is 8.61. The highest BCUT2D eigenvalue weighted by atomic mass is 32.2. The largest absolute Gasteiger partial charge is 0.318 e. The molecule has 1 aliphatic carbocycles. The lowest BCUT2D eigenvalue weighted by molar-refractivity contribution is -0.118. The molecule has 170 valence electrons. The van der Waals surface area contributed by atoms with Crippen LogP contribution in [0.3, 0.4) is 0 Å². The predicted octanol–water partition coefficient (Wildman–Crippen LogP) is 6.36. The van der Waals surface area contributed by atoms with Crippen molar-refractivity contribution in [2.24, 2.45) is 5.10 Å². The molecular weight excluding hydrogens is 438 g/mol. The van der Waals surface area contributed by atoms with Crippen molar-refractivity contribution in [2.45, 2.75) is 26.0 Å². The van der Waals surface area contributed by atoms with Gasteiger partial charge in [0.15, 0.2) is 0 Å². The number of aromatic nitrogens is 1. The zero-order valence-electron chi connectivity index (χ0n) is 19.6. The summed E-state index contributed by atoms with van der Waals surface area (Å²) in [5.74, 6) is 0.239. The van der Waals surface area contributed by atoms with E-state index in [0.29, 0.717) is 5.75 Å². The molecule has 0 bridgehead atoms. The number of para-hydroxylation sites is 1. The molecule has 0 aliphatic heterocycles. The molecule has 1 amide bonds. The Kier molecular flexibility index (Phi) is 6.12. The van der Waals surface area contributed by atoms with Crippen LogP contribution in [0.5, 0.6) is 0 Å². The van der Waals surface area contributed by atoms with Gasteiger partial charge >= 0.3 is 0 Å². The van der Waals surface area contributed by atoms with Gasteiger partial charge in [-0.2, -0.15) is 5.10 Å². The summed E-state index contributed by atoms with van der Waals surface area (Å²) >= 11 is 1.64. The number of rotatable bonds is 6. The van der Waals surface area contributed by atoms with Crippen molar-refractivity contribution in [1.29, 1.82) is 0 Å². The molecule has 0 saturated heterocycles. The molecule has 0 atom stereocenters. The summed E-state index contributed by atoms with van der Waals surface area (Å²) < 4.78 is 2.23. The van der Waals surface area contributed by atoms with Crippen molar-refractivity contribution in [3.63, 3.8) is 0 Å². The van der Waals surface area contributed by atoms with Crippen LogP contribution in [0, 0.1) is 20.8 Å². The monoisotopic (exact) mass is 465 g/mol. The van der Waals surface area contributed by atoms with Gasteiger partial charge in [0.2, 0.25) is 5.91 Å². The zero-order chi connectivity index (χ0) is 23.7. The van der Waals surface area contributed by atoms with E-state index < -0.39 is 0 Å². The Labute approximate surface area is 204 Å². The van der Waals surface area contributed by atoms with Gasteiger partial charge in [-0.25, -0.2) is 5.43 Å². The fourth-order valence-electron chi connectivity index (χ4n) is 4.76. The summed E-state index contributed by atoms with van der Waals surface area (Å²) in [7, 11) is 0. The standard InChI is InChI=1S/C29H27N3OS/c1-19-10-4-9-15-27(19)32-20(2)16-22(21(32)3)17-30-31-28(33)18-34-29-25-13-7-5-11-23(25)24-12-6-8-14-26(24)29/h4-17,29H,18H2,1-3H3,(H,31,33)/b30-17-. The zero-order valence-corrected chi connectivity index (χ0v) is 20.4. The van der Waals surface area contributed by atoms with Crippen LogP contribution in [-0.4, -0.2) is 22.4 Å². The molecular formula is C29H27N3OS.